The third-order valence-electron chi connectivity index (χ3n) is 2.18. The van der Waals surface area contributed by atoms with Gasteiger partial charge in [-0.15, -0.1) is 11.3 Å². The average Bonchev–Trinajstić information content (AvgIpc) is 2.64. The highest BCUT2D eigenvalue weighted by Gasteiger charge is 2.11. The molecule has 0 aliphatic heterocycles. The van der Waals surface area contributed by atoms with E-state index in [1.807, 2.05) is 18.4 Å². The van der Waals surface area contributed by atoms with E-state index >= 15 is 0 Å². The van der Waals surface area contributed by atoms with Gasteiger partial charge in [-0.25, -0.2) is 0 Å². The summed E-state index contributed by atoms with van der Waals surface area (Å²) in [7, 11) is 0. The lowest BCUT2D eigenvalue weighted by molar-refractivity contribution is 0.0949. The number of thiophene rings is 1. The van der Waals surface area contributed by atoms with E-state index in [9.17, 15) is 4.79 Å². The molecular formula is C11H17NO2S. The van der Waals surface area contributed by atoms with Crippen molar-refractivity contribution < 1.29 is 9.90 Å². The first-order valence-corrected chi connectivity index (χ1v) is 6.05. The van der Waals surface area contributed by atoms with Crippen molar-refractivity contribution in [2.75, 3.05) is 6.54 Å². The molecule has 1 heterocycles. The molecule has 0 radical (unpaired) electrons. The Bertz CT molecular complexity index is 320. The number of amides is 1. The Balaban J connectivity index is 2.47. The summed E-state index contributed by atoms with van der Waals surface area (Å²) in [6.45, 7) is 4.28. The maximum absolute atomic E-state index is 11.7. The molecule has 1 unspecified atom stereocenters. The molecule has 1 amide bonds. The molecule has 0 bridgehead atoms. The van der Waals surface area contributed by atoms with E-state index in [0.29, 0.717) is 13.0 Å². The van der Waals surface area contributed by atoms with Gasteiger partial charge < -0.3 is 10.4 Å². The maximum atomic E-state index is 11.7. The van der Waals surface area contributed by atoms with Gasteiger partial charge in [-0.1, -0.05) is 6.92 Å². The molecule has 0 saturated carbocycles. The van der Waals surface area contributed by atoms with Crippen LogP contribution in [0.1, 0.15) is 35.5 Å². The van der Waals surface area contributed by atoms with Crippen LogP contribution in [0.5, 0.6) is 0 Å². The van der Waals surface area contributed by atoms with Gasteiger partial charge in [0.05, 0.1) is 11.0 Å². The molecule has 0 aliphatic rings. The number of hydrogen-bond acceptors (Lipinski definition) is 3. The number of hydrogen-bond donors (Lipinski definition) is 2. The quantitative estimate of drug-likeness (QED) is 0.806. The SMILES string of the molecule is CCc1ccsc1C(=O)NCCC(C)O. The molecule has 3 nitrogen and oxygen atoms in total. The van der Waals surface area contributed by atoms with Crippen LogP contribution < -0.4 is 5.32 Å². The largest absolute Gasteiger partial charge is 0.393 e. The Morgan fingerprint density at radius 3 is 3.00 bits per heavy atom. The molecule has 15 heavy (non-hydrogen) atoms. The van der Waals surface area contributed by atoms with E-state index in [1.54, 1.807) is 6.92 Å². The second kappa shape index (κ2) is 5.88. The Morgan fingerprint density at radius 1 is 1.67 bits per heavy atom. The molecule has 1 aromatic rings. The van der Waals surface area contributed by atoms with Crippen LogP contribution in [-0.4, -0.2) is 23.7 Å². The zero-order valence-electron chi connectivity index (χ0n) is 9.12. The highest BCUT2D eigenvalue weighted by molar-refractivity contribution is 7.12. The third-order valence-corrected chi connectivity index (χ3v) is 3.14. The summed E-state index contributed by atoms with van der Waals surface area (Å²) in [4.78, 5) is 12.5. The number of aryl methyl sites for hydroxylation is 1. The van der Waals surface area contributed by atoms with Gasteiger partial charge in [-0.2, -0.15) is 0 Å². The van der Waals surface area contributed by atoms with E-state index in [1.165, 1.54) is 11.3 Å². The summed E-state index contributed by atoms with van der Waals surface area (Å²) in [5.74, 6) is -0.0255. The standard InChI is InChI=1S/C11H17NO2S/c1-3-9-5-7-15-10(9)11(14)12-6-4-8(2)13/h5,7-8,13H,3-4,6H2,1-2H3,(H,12,14). The van der Waals surface area contributed by atoms with Crippen LogP contribution in [0.25, 0.3) is 0 Å². The van der Waals surface area contributed by atoms with Crippen LogP contribution in [0.15, 0.2) is 11.4 Å². The second-order valence-corrected chi connectivity index (χ2v) is 4.44. The summed E-state index contributed by atoms with van der Waals surface area (Å²) in [6, 6.07) is 1.98. The molecule has 0 fully saturated rings. The fourth-order valence-corrected chi connectivity index (χ4v) is 2.20. The van der Waals surface area contributed by atoms with Crippen molar-refractivity contribution in [3.05, 3.63) is 21.9 Å². The van der Waals surface area contributed by atoms with Gasteiger partial charge in [0.2, 0.25) is 0 Å². The van der Waals surface area contributed by atoms with Crippen LogP contribution in [0, 0.1) is 0 Å². The van der Waals surface area contributed by atoms with E-state index in [2.05, 4.69) is 5.32 Å². The number of rotatable bonds is 5. The van der Waals surface area contributed by atoms with Crippen molar-refractivity contribution in [3.63, 3.8) is 0 Å². The number of nitrogens with one attached hydrogen (secondary N) is 1. The molecular weight excluding hydrogens is 210 g/mol. The van der Waals surface area contributed by atoms with Crippen LogP contribution in [0.3, 0.4) is 0 Å². The van der Waals surface area contributed by atoms with E-state index in [0.717, 1.165) is 16.9 Å². The predicted octanol–water partition coefficient (Wildman–Crippen LogP) is 1.81. The molecule has 4 heteroatoms. The van der Waals surface area contributed by atoms with Gasteiger partial charge in [-0.05, 0) is 36.8 Å². The van der Waals surface area contributed by atoms with Crippen molar-refractivity contribution in [3.8, 4) is 0 Å². The van der Waals surface area contributed by atoms with Crippen LogP contribution >= 0.6 is 11.3 Å². The smallest absolute Gasteiger partial charge is 0.261 e. The van der Waals surface area contributed by atoms with Crippen molar-refractivity contribution in [2.45, 2.75) is 32.8 Å². The van der Waals surface area contributed by atoms with E-state index in [4.69, 9.17) is 5.11 Å². The van der Waals surface area contributed by atoms with Crippen LogP contribution in [-0.2, 0) is 6.42 Å². The summed E-state index contributed by atoms with van der Waals surface area (Å²) in [5, 5.41) is 13.8. The first-order chi connectivity index (χ1) is 7.15. The Kier molecular flexibility index (Phi) is 4.78. The van der Waals surface area contributed by atoms with Gasteiger partial charge in [-0.3, -0.25) is 4.79 Å². The molecule has 1 rings (SSSR count). The van der Waals surface area contributed by atoms with Crippen molar-refractivity contribution in [1.29, 1.82) is 0 Å². The van der Waals surface area contributed by atoms with Gasteiger partial charge in [0.1, 0.15) is 0 Å². The second-order valence-electron chi connectivity index (χ2n) is 3.52. The van der Waals surface area contributed by atoms with Gasteiger partial charge in [0.25, 0.3) is 5.91 Å². The zero-order chi connectivity index (χ0) is 11.3. The summed E-state index contributed by atoms with van der Waals surface area (Å²) >= 11 is 1.47. The minimum atomic E-state index is -0.362. The Hall–Kier alpha value is -0.870. The fourth-order valence-electron chi connectivity index (χ4n) is 1.29. The van der Waals surface area contributed by atoms with Gasteiger partial charge in [0, 0.05) is 6.54 Å². The highest BCUT2D eigenvalue weighted by Crippen LogP contribution is 2.16. The number of aliphatic hydroxyl groups excluding tert-OH is 1. The number of aliphatic hydroxyl groups is 1. The number of carbonyl (C=O) groups excluding carboxylic acids is 1. The molecule has 1 aromatic heterocycles. The fraction of sp³-hybridized carbons (Fsp3) is 0.545. The van der Waals surface area contributed by atoms with Crippen molar-refractivity contribution >= 4 is 17.2 Å². The minimum absolute atomic E-state index is 0.0255. The van der Waals surface area contributed by atoms with Gasteiger partial charge >= 0.3 is 0 Å². The molecule has 0 spiro atoms. The molecule has 0 aromatic carbocycles. The zero-order valence-corrected chi connectivity index (χ0v) is 9.93. The van der Waals surface area contributed by atoms with E-state index < -0.39 is 0 Å². The summed E-state index contributed by atoms with van der Waals surface area (Å²) < 4.78 is 0. The first kappa shape index (κ1) is 12.2. The lowest BCUT2D eigenvalue weighted by Gasteiger charge is -2.06. The summed E-state index contributed by atoms with van der Waals surface area (Å²) in [6.07, 6.45) is 1.11. The van der Waals surface area contributed by atoms with Crippen molar-refractivity contribution in [2.24, 2.45) is 0 Å². The maximum Gasteiger partial charge on any atom is 0.261 e. The molecule has 2 N–H and O–H groups in total. The molecule has 84 valence electrons. The average molecular weight is 227 g/mol. The molecule has 0 saturated heterocycles. The summed E-state index contributed by atoms with van der Waals surface area (Å²) in [5.41, 5.74) is 1.09. The highest BCUT2D eigenvalue weighted by atomic mass is 32.1. The minimum Gasteiger partial charge on any atom is -0.393 e. The third kappa shape index (κ3) is 3.64. The van der Waals surface area contributed by atoms with Crippen molar-refractivity contribution in [1.82, 2.24) is 5.32 Å². The van der Waals surface area contributed by atoms with Gasteiger partial charge in [0.15, 0.2) is 0 Å². The lowest BCUT2D eigenvalue weighted by Crippen LogP contribution is -2.26. The van der Waals surface area contributed by atoms with Crippen LogP contribution in [0.4, 0.5) is 0 Å². The Morgan fingerprint density at radius 2 is 2.40 bits per heavy atom. The van der Waals surface area contributed by atoms with Crippen LogP contribution in [0.2, 0.25) is 0 Å². The topological polar surface area (TPSA) is 49.3 Å². The first-order valence-electron chi connectivity index (χ1n) is 5.17. The number of carbonyl (C=O) groups is 1. The predicted molar refractivity (Wildman–Crippen MR) is 62.3 cm³/mol. The molecule has 1 atom stereocenters. The molecule has 0 aliphatic carbocycles. The normalized spacial score (nSPS) is 12.5. The monoisotopic (exact) mass is 227 g/mol. The lowest BCUT2D eigenvalue weighted by atomic mass is 10.2. The van der Waals surface area contributed by atoms with E-state index in [-0.39, 0.29) is 12.0 Å². The Labute approximate surface area is 94.1 Å².